The van der Waals surface area contributed by atoms with Crippen molar-refractivity contribution >= 4 is 11.6 Å². The lowest BCUT2D eigenvalue weighted by Crippen LogP contribution is -2.29. The molecule has 0 unspecified atom stereocenters. The van der Waals surface area contributed by atoms with Crippen molar-refractivity contribution in [3.63, 3.8) is 0 Å². The van der Waals surface area contributed by atoms with Crippen molar-refractivity contribution < 1.29 is 14.3 Å². The Labute approximate surface area is 111 Å². The molecular weight excluding hydrogens is 246 g/mol. The molecule has 2 aromatic heterocycles. The molecule has 0 aliphatic heterocycles. The minimum atomic E-state index is -0.121. The zero-order chi connectivity index (χ0) is 13.7. The first-order valence-corrected chi connectivity index (χ1v) is 6.01. The van der Waals surface area contributed by atoms with Crippen molar-refractivity contribution in [3.8, 4) is 5.75 Å². The molecule has 0 aromatic carbocycles. The van der Waals surface area contributed by atoms with Crippen molar-refractivity contribution in [2.75, 3.05) is 27.4 Å². The van der Waals surface area contributed by atoms with Gasteiger partial charge in [-0.25, -0.2) is 4.98 Å². The number of nitrogens with zero attached hydrogens (tertiary/aromatic N) is 2. The van der Waals surface area contributed by atoms with Crippen LogP contribution in [0.3, 0.4) is 0 Å². The van der Waals surface area contributed by atoms with E-state index < -0.39 is 0 Å². The summed E-state index contributed by atoms with van der Waals surface area (Å²) < 4.78 is 11.9. The molecule has 0 bridgehead atoms. The summed E-state index contributed by atoms with van der Waals surface area (Å²) in [6.45, 7) is 0.618. The van der Waals surface area contributed by atoms with Crippen LogP contribution in [-0.2, 0) is 16.0 Å². The number of rotatable bonds is 6. The Morgan fingerprint density at radius 2 is 2.32 bits per heavy atom. The summed E-state index contributed by atoms with van der Waals surface area (Å²) in [5.74, 6) is 0.612. The summed E-state index contributed by atoms with van der Waals surface area (Å²) in [5.41, 5.74) is 1.69. The number of carbonyl (C=O) groups is 1. The van der Waals surface area contributed by atoms with Gasteiger partial charge in [0.2, 0.25) is 5.91 Å². The van der Waals surface area contributed by atoms with E-state index in [0.717, 1.165) is 17.1 Å². The summed E-state index contributed by atoms with van der Waals surface area (Å²) in [4.78, 5) is 15.7. The zero-order valence-corrected chi connectivity index (χ0v) is 11.0. The SMILES string of the molecule is COCC(=O)NCCc1cn2cccc(OC)c2n1. The molecule has 1 N–H and O–H groups in total. The molecule has 0 aliphatic carbocycles. The Morgan fingerprint density at radius 3 is 3.05 bits per heavy atom. The van der Waals surface area contributed by atoms with Crippen LogP contribution in [-0.4, -0.2) is 42.7 Å². The number of hydrogen-bond acceptors (Lipinski definition) is 4. The van der Waals surface area contributed by atoms with Gasteiger partial charge in [0.15, 0.2) is 11.4 Å². The van der Waals surface area contributed by atoms with Gasteiger partial charge in [-0.2, -0.15) is 0 Å². The summed E-state index contributed by atoms with van der Waals surface area (Å²) in [5, 5.41) is 2.76. The second-order valence-electron chi connectivity index (χ2n) is 4.07. The first-order valence-electron chi connectivity index (χ1n) is 6.01. The van der Waals surface area contributed by atoms with E-state index in [2.05, 4.69) is 10.3 Å². The lowest BCUT2D eigenvalue weighted by Gasteiger charge is -2.01. The van der Waals surface area contributed by atoms with E-state index in [1.54, 1.807) is 7.11 Å². The van der Waals surface area contributed by atoms with E-state index in [-0.39, 0.29) is 12.5 Å². The van der Waals surface area contributed by atoms with Crippen molar-refractivity contribution in [1.82, 2.24) is 14.7 Å². The fourth-order valence-electron chi connectivity index (χ4n) is 1.83. The molecule has 2 aromatic rings. The third-order valence-electron chi connectivity index (χ3n) is 2.70. The van der Waals surface area contributed by atoms with E-state index in [9.17, 15) is 4.79 Å². The van der Waals surface area contributed by atoms with Gasteiger partial charge < -0.3 is 19.2 Å². The lowest BCUT2D eigenvalue weighted by atomic mass is 10.3. The van der Waals surface area contributed by atoms with Crippen molar-refractivity contribution in [2.24, 2.45) is 0 Å². The molecule has 6 heteroatoms. The third-order valence-corrected chi connectivity index (χ3v) is 2.70. The quantitative estimate of drug-likeness (QED) is 0.831. The molecule has 6 nitrogen and oxygen atoms in total. The van der Waals surface area contributed by atoms with E-state index in [1.807, 2.05) is 28.9 Å². The van der Waals surface area contributed by atoms with Gasteiger partial charge in [0.25, 0.3) is 0 Å². The van der Waals surface area contributed by atoms with Crippen molar-refractivity contribution in [1.29, 1.82) is 0 Å². The van der Waals surface area contributed by atoms with Crippen LogP contribution in [0.1, 0.15) is 5.69 Å². The van der Waals surface area contributed by atoms with Gasteiger partial charge in [-0.05, 0) is 12.1 Å². The molecule has 0 atom stereocenters. The normalized spacial score (nSPS) is 10.6. The van der Waals surface area contributed by atoms with Gasteiger partial charge >= 0.3 is 0 Å². The predicted molar refractivity (Wildman–Crippen MR) is 70.3 cm³/mol. The second kappa shape index (κ2) is 6.19. The van der Waals surface area contributed by atoms with Crippen LogP contribution in [0.2, 0.25) is 0 Å². The van der Waals surface area contributed by atoms with Crippen LogP contribution >= 0.6 is 0 Å². The van der Waals surface area contributed by atoms with Crippen LogP contribution in [0.4, 0.5) is 0 Å². The largest absolute Gasteiger partial charge is 0.493 e. The molecule has 1 amide bonds. The Hall–Kier alpha value is -2.08. The molecule has 0 aliphatic rings. The molecule has 2 rings (SSSR count). The highest BCUT2D eigenvalue weighted by Gasteiger charge is 2.06. The summed E-state index contributed by atoms with van der Waals surface area (Å²) >= 11 is 0. The van der Waals surface area contributed by atoms with E-state index in [4.69, 9.17) is 9.47 Å². The zero-order valence-electron chi connectivity index (χ0n) is 11.0. The molecule has 0 radical (unpaired) electrons. The smallest absolute Gasteiger partial charge is 0.245 e. The van der Waals surface area contributed by atoms with Crippen molar-refractivity contribution in [2.45, 2.75) is 6.42 Å². The first kappa shape index (κ1) is 13.4. The third kappa shape index (κ3) is 3.23. The topological polar surface area (TPSA) is 64.9 Å². The van der Waals surface area contributed by atoms with Gasteiger partial charge in [0.1, 0.15) is 6.61 Å². The van der Waals surface area contributed by atoms with Crippen LogP contribution in [0.5, 0.6) is 5.75 Å². The van der Waals surface area contributed by atoms with E-state index in [1.165, 1.54) is 7.11 Å². The van der Waals surface area contributed by atoms with Crippen LogP contribution in [0.15, 0.2) is 24.5 Å². The lowest BCUT2D eigenvalue weighted by molar-refractivity contribution is -0.124. The monoisotopic (exact) mass is 263 g/mol. The number of methoxy groups -OCH3 is 2. The Balaban J connectivity index is 2.00. The number of hydrogen-bond donors (Lipinski definition) is 1. The van der Waals surface area contributed by atoms with Crippen LogP contribution in [0, 0.1) is 0 Å². The minimum absolute atomic E-state index is 0.0823. The van der Waals surface area contributed by atoms with Gasteiger partial charge in [-0.15, -0.1) is 0 Å². The standard InChI is InChI=1S/C13H17N3O3/c1-18-9-12(17)14-6-5-10-8-16-7-3-4-11(19-2)13(16)15-10/h3-4,7-8H,5-6,9H2,1-2H3,(H,14,17). The highest BCUT2D eigenvalue weighted by Crippen LogP contribution is 2.18. The average molecular weight is 263 g/mol. The van der Waals surface area contributed by atoms with Crippen LogP contribution in [0.25, 0.3) is 5.65 Å². The van der Waals surface area contributed by atoms with Gasteiger partial charge in [0.05, 0.1) is 12.8 Å². The fraction of sp³-hybridized carbons (Fsp3) is 0.385. The number of aromatic nitrogens is 2. The summed E-state index contributed by atoms with van der Waals surface area (Å²) in [6, 6.07) is 3.77. The molecule has 0 saturated heterocycles. The highest BCUT2D eigenvalue weighted by molar-refractivity contribution is 5.77. The van der Waals surface area contributed by atoms with E-state index in [0.29, 0.717) is 13.0 Å². The van der Waals surface area contributed by atoms with Gasteiger partial charge in [0, 0.05) is 32.5 Å². The highest BCUT2D eigenvalue weighted by atomic mass is 16.5. The van der Waals surface area contributed by atoms with E-state index >= 15 is 0 Å². The summed E-state index contributed by atoms with van der Waals surface area (Å²) in [6.07, 6.45) is 4.51. The predicted octanol–water partition coefficient (Wildman–Crippen LogP) is 0.648. The fourth-order valence-corrected chi connectivity index (χ4v) is 1.83. The second-order valence-corrected chi connectivity index (χ2v) is 4.07. The number of pyridine rings is 1. The average Bonchev–Trinajstić information content (AvgIpc) is 2.81. The number of carbonyl (C=O) groups excluding carboxylic acids is 1. The number of nitrogens with one attached hydrogen (secondary N) is 1. The summed E-state index contributed by atoms with van der Waals surface area (Å²) in [7, 11) is 3.11. The molecular formula is C13H17N3O3. The maximum atomic E-state index is 11.2. The van der Waals surface area contributed by atoms with Crippen molar-refractivity contribution in [3.05, 3.63) is 30.2 Å². The van der Waals surface area contributed by atoms with Gasteiger partial charge in [-0.3, -0.25) is 4.79 Å². The Morgan fingerprint density at radius 1 is 1.47 bits per heavy atom. The molecule has 0 saturated carbocycles. The number of amides is 1. The van der Waals surface area contributed by atoms with Gasteiger partial charge in [-0.1, -0.05) is 0 Å². The Kier molecular flexibility index (Phi) is 4.35. The number of fused-ring (bicyclic) bond motifs is 1. The molecule has 0 spiro atoms. The maximum Gasteiger partial charge on any atom is 0.245 e. The molecule has 2 heterocycles. The van der Waals surface area contributed by atoms with Crippen LogP contribution < -0.4 is 10.1 Å². The molecule has 102 valence electrons. The Bertz CT molecular complexity index is 565. The number of ether oxygens (including phenoxy) is 2. The molecule has 0 fully saturated rings. The minimum Gasteiger partial charge on any atom is -0.493 e. The number of imidazole rings is 1. The maximum absolute atomic E-state index is 11.2. The molecule has 19 heavy (non-hydrogen) atoms. The first-order chi connectivity index (χ1) is 9.24.